The van der Waals surface area contributed by atoms with Crippen LogP contribution in [0.3, 0.4) is 0 Å². The maximum atomic E-state index is 14.3. The summed E-state index contributed by atoms with van der Waals surface area (Å²) < 4.78 is 21.6. The molecule has 0 spiro atoms. The lowest BCUT2D eigenvalue weighted by Gasteiger charge is -2.23. The van der Waals surface area contributed by atoms with Crippen LogP contribution in [0.1, 0.15) is 37.3 Å². The lowest BCUT2D eigenvalue weighted by Crippen LogP contribution is -2.39. The van der Waals surface area contributed by atoms with Gasteiger partial charge in [0.15, 0.2) is 4.80 Å². The molecule has 0 bridgehead atoms. The summed E-state index contributed by atoms with van der Waals surface area (Å²) in [6.07, 6.45) is 1.43. The fraction of sp³-hybridized carbons (Fsp3) is 0.261. The van der Waals surface area contributed by atoms with Gasteiger partial charge < -0.3 is 4.74 Å². The average Bonchev–Trinajstić information content (AvgIpc) is 3.37. The first-order valence-corrected chi connectivity index (χ1v) is 12.0. The molecule has 0 saturated heterocycles. The van der Waals surface area contributed by atoms with Crippen molar-refractivity contribution < 1.29 is 13.9 Å². The van der Waals surface area contributed by atoms with Gasteiger partial charge in [0.05, 0.1) is 27.4 Å². The Kier molecular flexibility index (Phi) is 6.46. The number of thiazole rings is 1. The van der Waals surface area contributed by atoms with Crippen LogP contribution in [0, 0.1) is 11.7 Å². The molecular weight excluding hydrogens is 471 g/mol. The molecule has 0 radical (unpaired) electrons. The molecule has 1 atom stereocenters. The zero-order chi connectivity index (χ0) is 23.0. The van der Waals surface area contributed by atoms with Gasteiger partial charge in [-0.25, -0.2) is 14.2 Å². The third-order valence-electron chi connectivity index (χ3n) is 4.88. The molecule has 9 heteroatoms. The van der Waals surface area contributed by atoms with Crippen molar-refractivity contribution in [1.82, 2.24) is 4.57 Å². The first-order chi connectivity index (χ1) is 15.3. The SMILES string of the molecule is CC1=C(C(=O)OCC(C)C)[C@H](c2cccs2)n2c(s/c(=C/c3c(F)cccc3Cl)c2=O)=N1. The van der Waals surface area contributed by atoms with Crippen LogP contribution in [0.2, 0.25) is 5.02 Å². The number of hydrogen-bond acceptors (Lipinski definition) is 6. The summed E-state index contributed by atoms with van der Waals surface area (Å²) in [5, 5.41) is 2.09. The van der Waals surface area contributed by atoms with E-state index >= 15 is 0 Å². The lowest BCUT2D eigenvalue weighted by atomic mass is 10.0. The van der Waals surface area contributed by atoms with Gasteiger partial charge in [0.25, 0.3) is 5.56 Å². The van der Waals surface area contributed by atoms with Crippen LogP contribution in [-0.2, 0) is 9.53 Å². The van der Waals surface area contributed by atoms with Crippen LogP contribution >= 0.6 is 34.3 Å². The monoisotopic (exact) mass is 490 g/mol. The first-order valence-electron chi connectivity index (χ1n) is 9.95. The zero-order valence-corrected chi connectivity index (χ0v) is 20.0. The topological polar surface area (TPSA) is 60.7 Å². The summed E-state index contributed by atoms with van der Waals surface area (Å²) in [5.41, 5.74) is 0.595. The van der Waals surface area contributed by atoms with Crippen LogP contribution < -0.4 is 14.9 Å². The van der Waals surface area contributed by atoms with E-state index in [-0.39, 0.29) is 33.2 Å². The molecule has 0 N–H and O–H groups in total. The van der Waals surface area contributed by atoms with Crippen molar-refractivity contribution in [2.24, 2.45) is 10.9 Å². The Labute approximate surface area is 196 Å². The van der Waals surface area contributed by atoms with E-state index in [9.17, 15) is 14.0 Å². The van der Waals surface area contributed by atoms with Gasteiger partial charge in [-0.3, -0.25) is 9.36 Å². The second-order valence-corrected chi connectivity index (χ2v) is 10.1. The van der Waals surface area contributed by atoms with Crippen molar-refractivity contribution >= 4 is 46.3 Å². The van der Waals surface area contributed by atoms with Gasteiger partial charge >= 0.3 is 5.97 Å². The third-order valence-corrected chi connectivity index (χ3v) is 7.11. The quantitative estimate of drug-likeness (QED) is 0.501. The first kappa shape index (κ1) is 22.6. The minimum atomic E-state index is -0.663. The summed E-state index contributed by atoms with van der Waals surface area (Å²) >= 11 is 8.72. The molecule has 1 aromatic carbocycles. The molecule has 0 aliphatic carbocycles. The van der Waals surface area contributed by atoms with Crippen molar-refractivity contribution in [1.29, 1.82) is 0 Å². The van der Waals surface area contributed by atoms with Crippen molar-refractivity contribution in [3.63, 3.8) is 0 Å². The second-order valence-electron chi connectivity index (χ2n) is 7.72. The van der Waals surface area contributed by atoms with E-state index in [4.69, 9.17) is 16.3 Å². The van der Waals surface area contributed by atoms with E-state index in [0.29, 0.717) is 16.1 Å². The molecule has 0 amide bonds. The van der Waals surface area contributed by atoms with Crippen molar-refractivity contribution in [2.45, 2.75) is 26.8 Å². The summed E-state index contributed by atoms with van der Waals surface area (Å²) in [6, 6.07) is 7.43. The van der Waals surface area contributed by atoms with E-state index in [1.54, 1.807) is 13.0 Å². The smallest absolute Gasteiger partial charge is 0.338 e. The fourth-order valence-electron chi connectivity index (χ4n) is 3.40. The number of ether oxygens (including phenoxy) is 1. The summed E-state index contributed by atoms with van der Waals surface area (Å²) in [4.78, 5) is 32.2. The number of halogens is 2. The molecule has 5 nitrogen and oxygen atoms in total. The Hall–Kier alpha value is -2.55. The number of carbonyl (C=O) groups is 1. The molecule has 1 aliphatic heterocycles. The minimum Gasteiger partial charge on any atom is -0.462 e. The summed E-state index contributed by atoms with van der Waals surface area (Å²) in [5.74, 6) is -0.844. The number of aromatic nitrogens is 1. The number of fused-ring (bicyclic) bond motifs is 1. The van der Waals surface area contributed by atoms with Crippen molar-refractivity contribution in [2.75, 3.05) is 6.61 Å². The Bertz CT molecular complexity index is 1370. The fourth-order valence-corrected chi connectivity index (χ4v) is 5.47. The number of allylic oxidation sites excluding steroid dienone is 1. The van der Waals surface area contributed by atoms with Crippen LogP contribution in [-0.4, -0.2) is 17.1 Å². The highest BCUT2D eigenvalue weighted by molar-refractivity contribution is 7.10. The molecule has 0 unspecified atom stereocenters. The number of hydrogen-bond donors (Lipinski definition) is 0. The average molecular weight is 491 g/mol. The zero-order valence-electron chi connectivity index (χ0n) is 17.6. The Morgan fingerprint density at radius 1 is 1.34 bits per heavy atom. The van der Waals surface area contributed by atoms with E-state index < -0.39 is 17.8 Å². The van der Waals surface area contributed by atoms with Crippen LogP contribution in [0.5, 0.6) is 0 Å². The number of esters is 1. The molecule has 3 aromatic rings. The maximum Gasteiger partial charge on any atom is 0.338 e. The predicted molar refractivity (Wildman–Crippen MR) is 125 cm³/mol. The highest BCUT2D eigenvalue weighted by Gasteiger charge is 2.34. The van der Waals surface area contributed by atoms with Gasteiger partial charge in [-0.1, -0.05) is 48.9 Å². The highest BCUT2D eigenvalue weighted by Crippen LogP contribution is 2.33. The summed E-state index contributed by atoms with van der Waals surface area (Å²) in [7, 11) is 0. The van der Waals surface area contributed by atoms with Crippen LogP contribution in [0.15, 0.2) is 56.8 Å². The van der Waals surface area contributed by atoms with Gasteiger partial charge in [-0.05, 0) is 42.5 Å². The van der Waals surface area contributed by atoms with Crippen LogP contribution in [0.25, 0.3) is 6.08 Å². The molecule has 166 valence electrons. The normalized spacial score (nSPS) is 16.3. The Morgan fingerprint density at radius 2 is 2.12 bits per heavy atom. The molecule has 4 rings (SSSR count). The number of thiophene rings is 1. The minimum absolute atomic E-state index is 0.138. The van der Waals surface area contributed by atoms with Gasteiger partial charge in [-0.15, -0.1) is 11.3 Å². The summed E-state index contributed by atoms with van der Waals surface area (Å²) in [6.45, 7) is 5.91. The number of benzene rings is 1. The Balaban J connectivity index is 1.91. The van der Waals surface area contributed by atoms with Gasteiger partial charge in [0.1, 0.15) is 11.9 Å². The molecule has 2 aromatic heterocycles. The predicted octanol–water partition coefficient (Wildman–Crippen LogP) is 4.29. The van der Waals surface area contributed by atoms with E-state index in [0.717, 1.165) is 16.2 Å². The van der Waals surface area contributed by atoms with Crippen molar-refractivity contribution in [3.8, 4) is 0 Å². The molecule has 32 heavy (non-hydrogen) atoms. The van der Waals surface area contributed by atoms with E-state index in [1.165, 1.54) is 34.1 Å². The number of carbonyl (C=O) groups excluding carboxylic acids is 1. The standard InChI is InChI=1S/C23H20ClFN2O3S2/c1-12(2)11-30-22(29)19-13(3)26-23-27(20(19)17-8-5-9-31-17)21(28)18(32-23)10-14-15(24)6-4-7-16(14)25/h4-10,12,20H,11H2,1-3H3/b18-10+/t20-/m0/s1. The maximum absolute atomic E-state index is 14.3. The van der Waals surface area contributed by atoms with Gasteiger partial charge in [0.2, 0.25) is 0 Å². The van der Waals surface area contributed by atoms with E-state index in [1.807, 2.05) is 31.4 Å². The molecule has 0 fully saturated rings. The molecule has 1 aliphatic rings. The lowest BCUT2D eigenvalue weighted by molar-refractivity contribution is -0.140. The molecule has 0 saturated carbocycles. The van der Waals surface area contributed by atoms with Gasteiger partial charge in [-0.2, -0.15) is 0 Å². The second kappa shape index (κ2) is 9.13. The Morgan fingerprint density at radius 3 is 2.78 bits per heavy atom. The third kappa shape index (κ3) is 4.22. The molecular formula is C23H20ClFN2O3S2. The van der Waals surface area contributed by atoms with Crippen molar-refractivity contribution in [3.05, 3.63) is 88.0 Å². The molecule has 3 heterocycles. The number of rotatable bonds is 5. The van der Waals surface area contributed by atoms with Crippen LogP contribution in [0.4, 0.5) is 4.39 Å². The van der Waals surface area contributed by atoms with E-state index in [2.05, 4.69) is 4.99 Å². The largest absolute Gasteiger partial charge is 0.462 e. The van der Waals surface area contributed by atoms with Gasteiger partial charge in [0, 0.05) is 10.4 Å². The number of nitrogens with zero attached hydrogens (tertiary/aromatic N) is 2. The highest BCUT2D eigenvalue weighted by atomic mass is 35.5.